The molecule has 21 heavy (non-hydrogen) atoms. The van der Waals surface area contributed by atoms with Gasteiger partial charge < -0.3 is 10.6 Å². The van der Waals surface area contributed by atoms with Crippen LogP contribution in [0.25, 0.3) is 0 Å². The first kappa shape index (κ1) is 16.8. The van der Waals surface area contributed by atoms with Crippen LogP contribution in [0, 0.1) is 5.92 Å². The molecule has 0 bridgehead atoms. The van der Waals surface area contributed by atoms with E-state index >= 15 is 0 Å². The van der Waals surface area contributed by atoms with Crippen molar-refractivity contribution < 1.29 is 4.79 Å². The lowest BCUT2D eigenvalue weighted by molar-refractivity contribution is -0.134. The molecule has 1 amide bonds. The van der Waals surface area contributed by atoms with Gasteiger partial charge in [0.25, 0.3) is 0 Å². The van der Waals surface area contributed by atoms with Crippen LogP contribution in [0.1, 0.15) is 57.8 Å². The number of hydrogen-bond acceptors (Lipinski definition) is 3. The third-order valence-corrected chi connectivity index (χ3v) is 5.09. The maximum absolute atomic E-state index is 12.4. The van der Waals surface area contributed by atoms with Crippen molar-refractivity contribution >= 4 is 5.91 Å². The van der Waals surface area contributed by atoms with E-state index in [9.17, 15) is 4.79 Å². The van der Waals surface area contributed by atoms with Gasteiger partial charge in [-0.3, -0.25) is 9.69 Å². The van der Waals surface area contributed by atoms with Gasteiger partial charge in [-0.25, -0.2) is 0 Å². The second-order valence-electron chi connectivity index (χ2n) is 6.78. The molecule has 0 aromatic heterocycles. The number of unbranched alkanes of at least 4 members (excludes halogenated alkanes) is 1. The van der Waals surface area contributed by atoms with Gasteiger partial charge in [-0.2, -0.15) is 0 Å². The lowest BCUT2D eigenvalue weighted by Gasteiger charge is -2.35. The summed E-state index contributed by atoms with van der Waals surface area (Å²) in [6.07, 6.45) is 11.0. The number of rotatable bonds is 6. The van der Waals surface area contributed by atoms with E-state index in [2.05, 4.69) is 9.80 Å². The van der Waals surface area contributed by atoms with Gasteiger partial charge >= 0.3 is 0 Å². The van der Waals surface area contributed by atoms with E-state index < -0.39 is 0 Å². The van der Waals surface area contributed by atoms with Gasteiger partial charge in [0.2, 0.25) is 5.91 Å². The quantitative estimate of drug-likeness (QED) is 0.604. The zero-order valence-corrected chi connectivity index (χ0v) is 13.6. The van der Waals surface area contributed by atoms with Crippen molar-refractivity contribution in [1.82, 2.24) is 9.80 Å². The number of amides is 1. The Balaban J connectivity index is 1.65. The summed E-state index contributed by atoms with van der Waals surface area (Å²) in [4.78, 5) is 17.0. The monoisotopic (exact) mass is 295 g/mol. The summed E-state index contributed by atoms with van der Waals surface area (Å²) in [5.41, 5.74) is 5.53. The zero-order chi connectivity index (χ0) is 14.9. The van der Waals surface area contributed by atoms with Crippen LogP contribution in [0.15, 0.2) is 0 Å². The Hall–Kier alpha value is -0.610. The van der Waals surface area contributed by atoms with Crippen LogP contribution in [-0.2, 0) is 4.79 Å². The molecule has 0 aromatic rings. The normalized spacial score (nSPS) is 22.2. The summed E-state index contributed by atoms with van der Waals surface area (Å²) in [6, 6.07) is 0. The molecule has 2 fully saturated rings. The van der Waals surface area contributed by atoms with Gasteiger partial charge in [-0.05, 0) is 44.7 Å². The SMILES string of the molecule is NCCCCN1CCN(C(=O)CC2CCCCCC2)CC1. The summed E-state index contributed by atoms with van der Waals surface area (Å²) < 4.78 is 0. The highest BCUT2D eigenvalue weighted by atomic mass is 16.2. The van der Waals surface area contributed by atoms with E-state index in [1.54, 1.807) is 0 Å². The average molecular weight is 295 g/mol. The Morgan fingerprint density at radius 1 is 0.952 bits per heavy atom. The maximum Gasteiger partial charge on any atom is 0.222 e. The van der Waals surface area contributed by atoms with Crippen LogP contribution in [-0.4, -0.2) is 55.0 Å². The van der Waals surface area contributed by atoms with E-state index in [0.29, 0.717) is 11.8 Å². The van der Waals surface area contributed by atoms with Gasteiger partial charge in [0.05, 0.1) is 0 Å². The molecule has 1 saturated heterocycles. The molecular weight excluding hydrogens is 262 g/mol. The molecule has 0 atom stereocenters. The molecule has 2 N–H and O–H groups in total. The molecule has 122 valence electrons. The second-order valence-corrected chi connectivity index (χ2v) is 6.78. The molecular formula is C17H33N3O. The first-order valence-corrected chi connectivity index (χ1v) is 9.00. The van der Waals surface area contributed by atoms with Gasteiger partial charge in [0, 0.05) is 32.6 Å². The fraction of sp³-hybridized carbons (Fsp3) is 0.941. The van der Waals surface area contributed by atoms with E-state index in [0.717, 1.165) is 52.1 Å². The highest BCUT2D eigenvalue weighted by Gasteiger charge is 2.23. The summed E-state index contributed by atoms with van der Waals surface area (Å²) in [5.74, 6) is 1.06. The van der Waals surface area contributed by atoms with Crippen LogP contribution in [0.4, 0.5) is 0 Å². The van der Waals surface area contributed by atoms with Gasteiger partial charge in [-0.15, -0.1) is 0 Å². The largest absolute Gasteiger partial charge is 0.340 e. The topological polar surface area (TPSA) is 49.6 Å². The third-order valence-electron chi connectivity index (χ3n) is 5.09. The lowest BCUT2D eigenvalue weighted by Crippen LogP contribution is -2.49. The standard InChI is InChI=1S/C17H33N3O/c18-9-5-6-10-19-11-13-20(14-12-19)17(21)15-16-7-3-1-2-4-8-16/h16H,1-15,18H2. The number of nitrogens with zero attached hydrogens (tertiary/aromatic N) is 2. The zero-order valence-electron chi connectivity index (χ0n) is 13.6. The molecule has 0 radical (unpaired) electrons. The molecule has 2 aliphatic rings. The van der Waals surface area contributed by atoms with E-state index in [1.165, 1.54) is 44.9 Å². The maximum atomic E-state index is 12.4. The molecule has 1 aliphatic heterocycles. The Bertz CT molecular complexity index is 292. The highest BCUT2D eigenvalue weighted by Crippen LogP contribution is 2.26. The van der Waals surface area contributed by atoms with E-state index in [-0.39, 0.29) is 0 Å². The van der Waals surface area contributed by atoms with Crippen molar-refractivity contribution in [3.05, 3.63) is 0 Å². The fourth-order valence-electron chi connectivity index (χ4n) is 3.64. The number of carbonyl (C=O) groups is 1. The van der Waals surface area contributed by atoms with Crippen LogP contribution in [0.3, 0.4) is 0 Å². The van der Waals surface area contributed by atoms with Gasteiger partial charge in [0.1, 0.15) is 0 Å². The number of piperazine rings is 1. The lowest BCUT2D eigenvalue weighted by atomic mass is 9.96. The van der Waals surface area contributed by atoms with Crippen molar-refractivity contribution in [1.29, 1.82) is 0 Å². The minimum Gasteiger partial charge on any atom is -0.340 e. The Morgan fingerprint density at radius 3 is 2.24 bits per heavy atom. The van der Waals surface area contributed by atoms with Crippen molar-refractivity contribution in [3.63, 3.8) is 0 Å². The van der Waals surface area contributed by atoms with E-state index in [4.69, 9.17) is 5.73 Å². The number of hydrogen-bond donors (Lipinski definition) is 1. The molecule has 1 aliphatic carbocycles. The van der Waals surface area contributed by atoms with Gasteiger partial charge in [0.15, 0.2) is 0 Å². The van der Waals surface area contributed by atoms with Crippen molar-refractivity contribution in [2.45, 2.75) is 57.8 Å². The minimum absolute atomic E-state index is 0.406. The molecule has 4 nitrogen and oxygen atoms in total. The van der Waals surface area contributed by atoms with E-state index in [1.807, 2.05) is 0 Å². The van der Waals surface area contributed by atoms with Crippen molar-refractivity contribution in [2.24, 2.45) is 11.7 Å². The third kappa shape index (κ3) is 5.95. The summed E-state index contributed by atoms with van der Waals surface area (Å²) in [5, 5.41) is 0. The summed E-state index contributed by atoms with van der Waals surface area (Å²) in [6.45, 7) is 5.87. The predicted octanol–water partition coefficient (Wildman–Crippen LogP) is 2.23. The highest BCUT2D eigenvalue weighted by molar-refractivity contribution is 5.76. The Labute approximate surface area is 130 Å². The predicted molar refractivity (Wildman–Crippen MR) is 87.1 cm³/mol. The van der Waals surface area contributed by atoms with Crippen LogP contribution >= 0.6 is 0 Å². The molecule has 0 aromatic carbocycles. The average Bonchev–Trinajstić information content (AvgIpc) is 2.77. The van der Waals surface area contributed by atoms with Gasteiger partial charge in [-0.1, -0.05) is 25.7 Å². The molecule has 0 unspecified atom stereocenters. The first-order valence-electron chi connectivity index (χ1n) is 9.00. The van der Waals surface area contributed by atoms with Crippen LogP contribution < -0.4 is 5.73 Å². The fourth-order valence-corrected chi connectivity index (χ4v) is 3.64. The number of carbonyl (C=O) groups excluding carboxylic acids is 1. The minimum atomic E-state index is 0.406. The molecule has 2 rings (SSSR count). The van der Waals surface area contributed by atoms with Crippen molar-refractivity contribution in [2.75, 3.05) is 39.3 Å². The van der Waals surface area contributed by atoms with Crippen LogP contribution in [0.5, 0.6) is 0 Å². The molecule has 1 saturated carbocycles. The number of nitrogens with two attached hydrogens (primary N) is 1. The van der Waals surface area contributed by atoms with Crippen LogP contribution in [0.2, 0.25) is 0 Å². The summed E-state index contributed by atoms with van der Waals surface area (Å²) >= 11 is 0. The Morgan fingerprint density at radius 2 is 1.62 bits per heavy atom. The molecule has 1 heterocycles. The Kier molecular flexibility index (Phi) is 7.51. The second kappa shape index (κ2) is 9.42. The molecule has 4 heteroatoms. The first-order chi connectivity index (χ1) is 10.3. The smallest absolute Gasteiger partial charge is 0.222 e. The molecule has 0 spiro atoms. The summed E-state index contributed by atoms with van der Waals surface area (Å²) in [7, 11) is 0. The van der Waals surface area contributed by atoms with Crippen molar-refractivity contribution in [3.8, 4) is 0 Å².